The first-order valence-electron chi connectivity index (χ1n) is 38.9. The largest absolute Gasteiger partial charge is 0.481 e. The van der Waals surface area contributed by atoms with E-state index in [1.807, 2.05) is 0 Å². The Labute approximate surface area is 682 Å². The van der Waals surface area contributed by atoms with Gasteiger partial charge in [0.25, 0.3) is 0 Å². The summed E-state index contributed by atoms with van der Waals surface area (Å²) in [5, 5.41) is 104. The smallest absolute Gasteiger partial charge is 0.326 e. The van der Waals surface area contributed by atoms with E-state index in [-0.39, 0.29) is 25.2 Å². The number of aliphatic hydroxyl groups excluding tert-OH is 3. The van der Waals surface area contributed by atoms with Crippen molar-refractivity contribution in [3.8, 4) is 0 Å². The molecule has 0 saturated heterocycles. The van der Waals surface area contributed by atoms with Crippen molar-refractivity contribution in [3.05, 3.63) is 71.9 Å². The van der Waals surface area contributed by atoms with E-state index in [9.17, 15) is 117 Å². The molecule has 1 aromatic heterocycles. The first-order valence-corrected chi connectivity index (χ1v) is 38.9. The minimum atomic E-state index is -1.86. The number of aromatic amines is 1. The second kappa shape index (κ2) is 49.4. The summed E-state index contributed by atoms with van der Waals surface area (Å²) in [6.45, 7) is 16.9. The minimum Gasteiger partial charge on any atom is -0.481 e. The summed E-state index contributed by atoms with van der Waals surface area (Å²) in [4.78, 5) is 245. The lowest BCUT2D eigenvalue weighted by molar-refractivity contribution is -0.144. The Morgan fingerprint density at radius 1 is 0.398 bits per heavy atom. The molecule has 0 saturated carbocycles. The molecule has 22 N–H and O–H groups in total. The normalized spacial score (nSPS) is 15.4. The number of carbonyl (C=O) groups is 18. The Hall–Kier alpha value is -11.7. The predicted octanol–water partition coefficient (Wildman–Crippen LogP) is -2.87. The van der Waals surface area contributed by atoms with Gasteiger partial charge < -0.3 is 115 Å². The monoisotopic (exact) mass is 1660 g/mol. The van der Waals surface area contributed by atoms with E-state index >= 15 is 0 Å². The third-order valence-corrected chi connectivity index (χ3v) is 19.1. The fraction of sp³-hybridized carbons (Fsp3) is 0.590. The number of carbonyl (C=O) groups excluding carboxylic acids is 14. The summed E-state index contributed by atoms with van der Waals surface area (Å²) < 4.78 is 0. The van der Waals surface area contributed by atoms with Gasteiger partial charge in [0.2, 0.25) is 82.7 Å². The topological polar surface area (TPSA) is 633 Å². The van der Waals surface area contributed by atoms with Crippen LogP contribution in [0.15, 0.2) is 60.8 Å². The number of para-hydroxylation sites is 1. The molecule has 14 amide bonds. The molecule has 0 aliphatic heterocycles. The Morgan fingerprint density at radius 3 is 1.31 bits per heavy atom. The van der Waals surface area contributed by atoms with E-state index < -0.39 is 279 Å². The third kappa shape index (κ3) is 33.5. The number of H-pyrrole nitrogens is 1. The molecule has 3 rings (SSSR count). The fourth-order valence-corrected chi connectivity index (χ4v) is 12.0. The zero-order chi connectivity index (χ0) is 89.1. The SMILES string of the molecule is CC[C@H](C)[C@H](NC(=O)[C@H](CCC(=O)O)NC(=O)[C@H](Cc1c[nH]c2ccccc12)NC(=O)[C@H](CC(C)C)NC(=O)[C@@H](NC(=O)[C@@H](NC(=O)CNC(=O)[C@H](Cc1ccccc1)NC(=O)[C@H](CCO)NC(=O)[C@@H](NC(=O)[C@H](CO)NC(=O)[C@H](C)NC(=O)C(NC(=O)[C@H](CCC(=O)O)NC(=O)[C@@H](C)CC(=O)O)[C@@H](C)O)C(C)C)C(C)C)C(C)C)C(=O)O. The lowest BCUT2D eigenvalue weighted by atomic mass is 9.97. The van der Waals surface area contributed by atoms with Crippen molar-refractivity contribution in [1.29, 1.82) is 0 Å². The number of hydrogen-bond acceptors (Lipinski definition) is 21. The molecule has 1 heterocycles. The first kappa shape index (κ1) is 101. The number of hydrogen-bond donors (Lipinski definition) is 22. The Morgan fingerprint density at radius 2 is 0.814 bits per heavy atom. The van der Waals surface area contributed by atoms with Gasteiger partial charge in [-0.3, -0.25) is 81.5 Å². The van der Waals surface area contributed by atoms with Gasteiger partial charge in [0.1, 0.15) is 78.5 Å². The highest BCUT2D eigenvalue weighted by atomic mass is 16.4. The number of fused-ring (bicyclic) bond motifs is 1. The molecule has 0 spiro atoms. The van der Waals surface area contributed by atoms with E-state index in [4.69, 9.17) is 5.11 Å². The van der Waals surface area contributed by atoms with E-state index in [1.54, 1.807) is 116 Å². The molecular weight excluding hydrogens is 1550 g/mol. The van der Waals surface area contributed by atoms with Crippen LogP contribution in [-0.4, -0.2) is 252 Å². The van der Waals surface area contributed by atoms with Gasteiger partial charge in [0.05, 0.1) is 25.7 Å². The van der Waals surface area contributed by atoms with Crippen molar-refractivity contribution in [2.45, 2.75) is 239 Å². The molecule has 0 aliphatic rings. The summed E-state index contributed by atoms with van der Waals surface area (Å²) in [7, 11) is 0. The van der Waals surface area contributed by atoms with Gasteiger partial charge in [-0.25, -0.2) is 4.79 Å². The number of aliphatic carboxylic acids is 4. The van der Waals surface area contributed by atoms with Crippen LogP contribution in [0.1, 0.15) is 153 Å². The van der Waals surface area contributed by atoms with Gasteiger partial charge in [-0.2, -0.15) is 0 Å². The molecule has 2 aromatic carbocycles. The maximum Gasteiger partial charge on any atom is 0.326 e. The standard InChI is InChI=1S/C78H117N15O25/c1-14-41(10)63(78(117)118)92-69(108)50(25-27-58(100)101)83-72(111)54(33-46-34-79-48-23-19-18-22-47(46)48)86-71(110)52(30-37(2)3)87-75(114)62(40(8)9)91-76(115)60(38(4)5)89-56(97)35-80-67(106)53(32-45-20-16-15-17-21-45)85-68(107)51(28-29-94)84-74(113)61(39(6)7)90-73(112)55(36-95)88-66(105)43(12)81-77(116)64(44(13)96)93-70(109)49(24-26-57(98)99)82-65(104)42(11)31-59(102)103/h15-23,34,37-44,49-55,60-64,79,94-96H,14,24-33,35-36H2,1-13H3,(H,80,106)(H,81,116)(H,82,104)(H,83,111)(H,84,113)(H,85,107)(H,86,110)(H,87,114)(H,88,105)(H,89,97)(H,90,112)(H,91,115)(H,92,108)(H,93,109)(H,98,99)(H,100,101)(H,102,103)(H,117,118)/t41-,42-,43-,44+,49-,50-,51-,52-,53-,54-,55-,60-,61-,62-,63-,64?/m0/s1. The summed E-state index contributed by atoms with van der Waals surface area (Å²) in [5.41, 5.74) is 1.69. The molecule has 3 aromatic rings. The van der Waals surface area contributed by atoms with Crippen LogP contribution in [0.3, 0.4) is 0 Å². The van der Waals surface area contributed by atoms with E-state index in [1.165, 1.54) is 20.8 Å². The summed E-state index contributed by atoms with van der Waals surface area (Å²) in [5.74, 6) is -23.8. The highest BCUT2D eigenvalue weighted by Crippen LogP contribution is 2.21. The van der Waals surface area contributed by atoms with Crippen LogP contribution in [0.2, 0.25) is 0 Å². The lowest BCUT2D eigenvalue weighted by Crippen LogP contribution is -2.62. The molecule has 118 heavy (non-hydrogen) atoms. The van der Waals surface area contributed by atoms with Crippen molar-refractivity contribution < 1.29 is 122 Å². The summed E-state index contributed by atoms with van der Waals surface area (Å²) >= 11 is 0. The van der Waals surface area contributed by atoms with Gasteiger partial charge in [0, 0.05) is 55.3 Å². The molecule has 40 nitrogen and oxygen atoms in total. The van der Waals surface area contributed by atoms with Crippen molar-refractivity contribution >= 4 is 117 Å². The fourth-order valence-electron chi connectivity index (χ4n) is 12.0. The second-order valence-electron chi connectivity index (χ2n) is 30.5. The van der Waals surface area contributed by atoms with Gasteiger partial charge in [-0.15, -0.1) is 0 Å². The van der Waals surface area contributed by atoms with Gasteiger partial charge in [-0.05, 0) is 86.3 Å². The second-order valence-corrected chi connectivity index (χ2v) is 30.5. The van der Waals surface area contributed by atoms with Crippen LogP contribution in [0, 0.1) is 35.5 Å². The van der Waals surface area contributed by atoms with Crippen LogP contribution < -0.4 is 74.4 Å². The first-order chi connectivity index (χ1) is 55.3. The molecule has 0 aliphatic carbocycles. The predicted molar refractivity (Wildman–Crippen MR) is 423 cm³/mol. The number of benzene rings is 2. The zero-order valence-electron chi connectivity index (χ0n) is 68.5. The van der Waals surface area contributed by atoms with Crippen molar-refractivity contribution in [2.75, 3.05) is 19.8 Å². The average molecular weight is 1660 g/mol. The molecule has 40 heteroatoms. The van der Waals surface area contributed by atoms with Crippen LogP contribution in [0.4, 0.5) is 0 Å². The van der Waals surface area contributed by atoms with Crippen molar-refractivity contribution in [2.24, 2.45) is 35.5 Å². The molecule has 0 bridgehead atoms. The lowest BCUT2D eigenvalue weighted by Gasteiger charge is -2.30. The number of carboxylic acid groups (broad SMARTS) is 4. The quantitative estimate of drug-likeness (QED) is 0.0270. The van der Waals surface area contributed by atoms with Crippen molar-refractivity contribution in [3.63, 3.8) is 0 Å². The third-order valence-electron chi connectivity index (χ3n) is 19.1. The molecule has 1 unspecified atom stereocenters. The molecule has 0 radical (unpaired) electrons. The van der Waals surface area contributed by atoms with Crippen LogP contribution >= 0.6 is 0 Å². The maximum atomic E-state index is 14.6. The van der Waals surface area contributed by atoms with Crippen LogP contribution in [0.25, 0.3) is 10.9 Å². The van der Waals surface area contributed by atoms with Crippen LogP contribution in [-0.2, 0) is 99.1 Å². The van der Waals surface area contributed by atoms with E-state index in [0.29, 0.717) is 28.5 Å². The number of aromatic nitrogens is 1. The summed E-state index contributed by atoms with van der Waals surface area (Å²) in [6, 6.07) is -5.12. The average Bonchev–Trinajstić information content (AvgIpc) is 1.65. The Balaban J connectivity index is 1.81. The van der Waals surface area contributed by atoms with Gasteiger partial charge >= 0.3 is 23.9 Å². The Bertz CT molecular complexity index is 3980. The number of amides is 14. The molecule has 654 valence electrons. The summed E-state index contributed by atoms with van der Waals surface area (Å²) in [6.07, 6.45) is -3.65. The zero-order valence-corrected chi connectivity index (χ0v) is 68.5. The number of nitrogens with one attached hydrogen (secondary N) is 15. The number of aliphatic hydroxyl groups is 3. The van der Waals surface area contributed by atoms with Gasteiger partial charge in [-0.1, -0.05) is 131 Å². The number of rotatable bonds is 52. The van der Waals surface area contributed by atoms with E-state index in [2.05, 4.69) is 79.4 Å². The molecular formula is C78H117N15O25. The molecule has 0 fully saturated rings. The Kier molecular flexibility index (Phi) is 42.1. The van der Waals surface area contributed by atoms with Crippen LogP contribution in [0.5, 0.6) is 0 Å². The van der Waals surface area contributed by atoms with Gasteiger partial charge in [0.15, 0.2) is 0 Å². The minimum absolute atomic E-state index is 0.0305. The highest BCUT2D eigenvalue weighted by molar-refractivity contribution is 6.01. The number of carboxylic acids is 4. The van der Waals surface area contributed by atoms with Crippen molar-refractivity contribution in [1.82, 2.24) is 79.4 Å². The van der Waals surface area contributed by atoms with E-state index in [0.717, 1.165) is 13.8 Å². The maximum absolute atomic E-state index is 14.6. The highest BCUT2D eigenvalue weighted by Gasteiger charge is 2.40. The molecule has 16 atom stereocenters.